The first-order valence-electron chi connectivity index (χ1n) is 6.45. The quantitative estimate of drug-likeness (QED) is 0.869. The van der Waals surface area contributed by atoms with Crippen LogP contribution in [0.25, 0.3) is 0 Å². The monoisotopic (exact) mass is 233 g/mol. The lowest BCUT2D eigenvalue weighted by Gasteiger charge is -2.12. The highest BCUT2D eigenvalue weighted by Crippen LogP contribution is 2.34. The van der Waals surface area contributed by atoms with Crippen molar-refractivity contribution in [1.29, 1.82) is 0 Å². The Kier molecular flexibility index (Phi) is 2.93. The van der Waals surface area contributed by atoms with E-state index in [0.717, 1.165) is 43.6 Å². The van der Waals surface area contributed by atoms with Gasteiger partial charge in [0.2, 0.25) is 0 Å². The van der Waals surface area contributed by atoms with Crippen molar-refractivity contribution in [2.75, 3.05) is 13.2 Å². The number of nitrogens with one attached hydrogen (secondary N) is 1. The summed E-state index contributed by atoms with van der Waals surface area (Å²) >= 11 is 0. The topological polar surface area (TPSA) is 30.5 Å². The average Bonchev–Trinajstić information content (AvgIpc) is 3.08. The first-order chi connectivity index (χ1) is 8.34. The summed E-state index contributed by atoms with van der Waals surface area (Å²) in [6, 6.07) is 6.84. The fourth-order valence-corrected chi connectivity index (χ4v) is 2.24. The summed E-state index contributed by atoms with van der Waals surface area (Å²) < 4.78 is 11.5. The Morgan fingerprint density at radius 1 is 1.29 bits per heavy atom. The maximum atomic E-state index is 5.79. The molecule has 1 aromatic rings. The molecule has 1 aliphatic carbocycles. The number of ether oxygens (including phenoxy) is 2. The zero-order chi connectivity index (χ0) is 11.7. The van der Waals surface area contributed by atoms with Gasteiger partial charge in [0.15, 0.2) is 11.5 Å². The lowest BCUT2D eigenvalue weighted by molar-refractivity contribution is 0.296. The molecule has 3 heteroatoms. The predicted molar refractivity (Wildman–Crippen MR) is 66.5 cm³/mol. The van der Waals surface area contributed by atoms with Crippen molar-refractivity contribution in [3.8, 4) is 11.5 Å². The molecule has 92 valence electrons. The Balaban J connectivity index is 1.74. The van der Waals surface area contributed by atoms with Crippen LogP contribution in [0, 0.1) is 5.92 Å². The van der Waals surface area contributed by atoms with Gasteiger partial charge in [-0.15, -0.1) is 0 Å². The molecule has 1 aliphatic heterocycles. The minimum absolute atomic E-state index is 0.692. The van der Waals surface area contributed by atoms with Crippen LogP contribution >= 0.6 is 0 Å². The summed E-state index contributed by atoms with van der Waals surface area (Å²) in [5.41, 5.74) is 1.21. The van der Waals surface area contributed by atoms with Crippen LogP contribution in [0.3, 0.4) is 0 Å². The maximum Gasteiger partial charge on any atom is 0.165 e. The van der Waals surface area contributed by atoms with Crippen molar-refractivity contribution in [1.82, 2.24) is 5.32 Å². The van der Waals surface area contributed by atoms with Gasteiger partial charge < -0.3 is 14.8 Å². The summed E-state index contributed by atoms with van der Waals surface area (Å²) in [4.78, 5) is 0. The van der Waals surface area contributed by atoms with Gasteiger partial charge in [0.05, 0.1) is 13.2 Å². The van der Waals surface area contributed by atoms with Gasteiger partial charge in [-0.1, -0.05) is 19.1 Å². The Labute approximate surface area is 102 Å². The van der Waals surface area contributed by atoms with Gasteiger partial charge in [0, 0.05) is 24.6 Å². The highest BCUT2D eigenvalue weighted by molar-refractivity contribution is 5.47. The zero-order valence-corrected chi connectivity index (χ0v) is 10.2. The second-order valence-electron chi connectivity index (χ2n) is 5.00. The number of benzene rings is 1. The zero-order valence-electron chi connectivity index (χ0n) is 10.2. The Bertz CT molecular complexity index is 405. The standard InChI is InChI=1S/C14H19NO2/c1-10-8-12(10)15-9-11-4-2-5-13-14(11)17-7-3-6-16-13/h2,4-5,10,12,15H,3,6-9H2,1H3. The fraction of sp³-hybridized carbons (Fsp3) is 0.571. The largest absolute Gasteiger partial charge is 0.490 e. The Hall–Kier alpha value is -1.22. The molecule has 1 aromatic carbocycles. The first-order valence-corrected chi connectivity index (χ1v) is 6.45. The van der Waals surface area contributed by atoms with Crippen molar-refractivity contribution in [3.05, 3.63) is 23.8 Å². The van der Waals surface area contributed by atoms with Gasteiger partial charge in [-0.25, -0.2) is 0 Å². The molecule has 3 nitrogen and oxygen atoms in total. The van der Waals surface area contributed by atoms with Gasteiger partial charge in [-0.2, -0.15) is 0 Å². The molecule has 0 radical (unpaired) electrons. The van der Waals surface area contributed by atoms with E-state index < -0.39 is 0 Å². The second kappa shape index (κ2) is 4.57. The van der Waals surface area contributed by atoms with Crippen LogP contribution in [0.15, 0.2) is 18.2 Å². The molecule has 1 fully saturated rings. The minimum Gasteiger partial charge on any atom is -0.490 e. The van der Waals surface area contributed by atoms with Gasteiger partial charge in [0.25, 0.3) is 0 Å². The fourth-order valence-electron chi connectivity index (χ4n) is 2.24. The van der Waals surface area contributed by atoms with Crippen molar-refractivity contribution < 1.29 is 9.47 Å². The van der Waals surface area contributed by atoms with Crippen molar-refractivity contribution in [3.63, 3.8) is 0 Å². The molecule has 2 unspecified atom stereocenters. The van der Waals surface area contributed by atoms with Gasteiger partial charge in [0.1, 0.15) is 0 Å². The van der Waals surface area contributed by atoms with Crippen LogP contribution in [0.5, 0.6) is 11.5 Å². The minimum atomic E-state index is 0.692. The molecule has 17 heavy (non-hydrogen) atoms. The van der Waals surface area contributed by atoms with E-state index in [-0.39, 0.29) is 0 Å². The van der Waals surface area contributed by atoms with E-state index in [9.17, 15) is 0 Å². The number of rotatable bonds is 3. The SMILES string of the molecule is CC1CC1NCc1cccc2c1OCCCO2. The molecule has 2 atom stereocenters. The maximum absolute atomic E-state index is 5.79. The van der Waals surface area contributed by atoms with Gasteiger partial charge >= 0.3 is 0 Å². The van der Waals surface area contributed by atoms with Crippen molar-refractivity contribution in [2.24, 2.45) is 5.92 Å². The molecule has 0 spiro atoms. The van der Waals surface area contributed by atoms with Crippen molar-refractivity contribution in [2.45, 2.75) is 32.4 Å². The van der Waals surface area contributed by atoms with E-state index in [1.807, 2.05) is 12.1 Å². The van der Waals surface area contributed by atoms with E-state index in [4.69, 9.17) is 9.47 Å². The summed E-state index contributed by atoms with van der Waals surface area (Å²) in [6.07, 6.45) is 2.26. The third-order valence-corrected chi connectivity index (χ3v) is 3.52. The van der Waals surface area contributed by atoms with E-state index in [2.05, 4.69) is 18.3 Å². The number of hydrogen-bond acceptors (Lipinski definition) is 3. The normalized spacial score (nSPS) is 26.4. The van der Waals surface area contributed by atoms with Crippen LogP contribution in [0.1, 0.15) is 25.3 Å². The number of fused-ring (bicyclic) bond motifs is 1. The average molecular weight is 233 g/mol. The molecule has 0 saturated heterocycles. The summed E-state index contributed by atoms with van der Waals surface area (Å²) in [7, 11) is 0. The lowest BCUT2D eigenvalue weighted by atomic mass is 10.2. The molecule has 0 amide bonds. The lowest BCUT2D eigenvalue weighted by Crippen LogP contribution is -2.17. The molecule has 1 saturated carbocycles. The number of hydrogen-bond donors (Lipinski definition) is 1. The molecule has 3 rings (SSSR count). The van der Waals surface area contributed by atoms with Gasteiger partial charge in [-0.3, -0.25) is 0 Å². The van der Waals surface area contributed by atoms with Crippen molar-refractivity contribution >= 4 is 0 Å². The summed E-state index contributed by atoms with van der Waals surface area (Å²) in [5, 5.41) is 3.56. The van der Waals surface area contributed by atoms with Crippen LogP contribution < -0.4 is 14.8 Å². The molecule has 0 bridgehead atoms. The van der Waals surface area contributed by atoms with Crippen LogP contribution in [0.2, 0.25) is 0 Å². The first kappa shape index (κ1) is 10.9. The summed E-state index contributed by atoms with van der Waals surface area (Å²) in [6.45, 7) is 4.66. The van der Waals surface area contributed by atoms with E-state index in [1.165, 1.54) is 12.0 Å². The Morgan fingerprint density at radius 2 is 2.12 bits per heavy atom. The van der Waals surface area contributed by atoms with Gasteiger partial charge in [-0.05, 0) is 18.4 Å². The predicted octanol–water partition coefficient (Wildman–Crippen LogP) is 2.35. The molecular formula is C14H19NO2. The number of para-hydroxylation sites is 1. The molecule has 0 aromatic heterocycles. The van der Waals surface area contributed by atoms with E-state index in [0.29, 0.717) is 6.04 Å². The molecular weight excluding hydrogens is 214 g/mol. The third kappa shape index (κ3) is 2.39. The van der Waals surface area contributed by atoms with E-state index in [1.54, 1.807) is 0 Å². The highest BCUT2D eigenvalue weighted by Gasteiger charge is 2.31. The second-order valence-corrected chi connectivity index (χ2v) is 5.00. The summed E-state index contributed by atoms with van der Waals surface area (Å²) in [5.74, 6) is 2.66. The van der Waals surface area contributed by atoms with Crippen LogP contribution in [-0.2, 0) is 6.54 Å². The third-order valence-electron chi connectivity index (χ3n) is 3.52. The smallest absolute Gasteiger partial charge is 0.165 e. The van der Waals surface area contributed by atoms with Crippen LogP contribution in [-0.4, -0.2) is 19.3 Å². The molecule has 1 N–H and O–H groups in total. The molecule has 1 heterocycles. The highest BCUT2D eigenvalue weighted by atomic mass is 16.5. The van der Waals surface area contributed by atoms with Crippen LogP contribution in [0.4, 0.5) is 0 Å². The Morgan fingerprint density at radius 3 is 2.94 bits per heavy atom. The van der Waals surface area contributed by atoms with E-state index >= 15 is 0 Å². The molecule has 2 aliphatic rings.